The van der Waals surface area contributed by atoms with Gasteiger partial charge < -0.3 is 4.74 Å². The molecule has 0 aliphatic carbocycles. The summed E-state index contributed by atoms with van der Waals surface area (Å²) in [6.07, 6.45) is 8.88. The zero-order valence-corrected chi connectivity index (χ0v) is 14.4. The average Bonchev–Trinajstić information content (AvgIpc) is 2.45. The molecule has 20 heavy (non-hydrogen) atoms. The third kappa shape index (κ3) is 6.31. The second kappa shape index (κ2) is 9.26. The van der Waals surface area contributed by atoms with Crippen molar-refractivity contribution in [3.8, 4) is 0 Å². The molecule has 0 bridgehead atoms. The van der Waals surface area contributed by atoms with E-state index in [1.165, 1.54) is 25.7 Å². The predicted molar refractivity (Wildman–Crippen MR) is 85.0 cm³/mol. The van der Waals surface area contributed by atoms with Crippen molar-refractivity contribution in [2.45, 2.75) is 88.6 Å². The van der Waals surface area contributed by atoms with Crippen LogP contribution in [0.4, 0.5) is 0 Å². The van der Waals surface area contributed by atoms with E-state index in [9.17, 15) is 8.42 Å². The third-order valence-corrected chi connectivity index (χ3v) is 6.83. The van der Waals surface area contributed by atoms with Crippen LogP contribution in [0, 0.1) is 0 Å². The molecule has 1 saturated heterocycles. The van der Waals surface area contributed by atoms with Crippen LogP contribution in [0.2, 0.25) is 0 Å². The van der Waals surface area contributed by atoms with Crippen LogP contribution in [0.25, 0.3) is 0 Å². The minimum absolute atomic E-state index is 0.0263. The Kier molecular flexibility index (Phi) is 8.45. The lowest BCUT2D eigenvalue weighted by molar-refractivity contribution is -0.0247. The van der Waals surface area contributed by atoms with Crippen LogP contribution >= 0.6 is 11.6 Å². The van der Waals surface area contributed by atoms with Crippen molar-refractivity contribution in [1.29, 1.82) is 0 Å². The smallest absolute Gasteiger partial charge is 0.167 e. The van der Waals surface area contributed by atoms with E-state index in [1.54, 1.807) is 0 Å². The number of alkyl halides is 1. The minimum Gasteiger partial charge on any atom is -0.375 e. The molecule has 0 aromatic heterocycles. The van der Waals surface area contributed by atoms with Gasteiger partial charge in [0.05, 0.1) is 18.0 Å². The standard InChI is InChI=1S/C15H29ClO3S/c1-3-5-6-7-9-14-10-8-11-20(17,18)15(16)12-13(4-2)19-14/h13-15H,3-12H2,1-2H3/t13-,14+,15?/m1/s1. The molecule has 1 aliphatic rings. The molecular weight excluding hydrogens is 296 g/mol. The van der Waals surface area contributed by atoms with E-state index in [2.05, 4.69) is 6.92 Å². The van der Waals surface area contributed by atoms with E-state index in [-0.39, 0.29) is 18.0 Å². The second-order valence-electron chi connectivity index (χ2n) is 5.79. The summed E-state index contributed by atoms with van der Waals surface area (Å²) in [5.74, 6) is 0.201. The number of sulfone groups is 1. The van der Waals surface area contributed by atoms with E-state index in [4.69, 9.17) is 16.3 Å². The SMILES string of the molecule is CCCCCC[C@H]1CCCS(=O)(=O)C(Cl)C[C@@H](CC)O1. The van der Waals surface area contributed by atoms with Crippen LogP contribution in [0.3, 0.4) is 0 Å². The van der Waals surface area contributed by atoms with Crippen molar-refractivity contribution in [3.05, 3.63) is 0 Å². The van der Waals surface area contributed by atoms with Gasteiger partial charge in [-0.1, -0.05) is 39.5 Å². The van der Waals surface area contributed by atoms with Crippen LogP contribution < -0.4 is 0 Å². The molecular formula is C15H29ClO3S. The van der Waals surface area contributed by atoms with Crippen molar-refractivity contribution in [2.24, 2.45) is 0 Å². The summed E-state index contributed by atoms with van der Waals surface area (Å²) in [5.41, 5.74) is 0. The second-order valence-corrected chi connectivity index (χ2v) is 8.88. The first-order valence-electron chi connectivity index (χ1n) is 8.00. The fourth-order valence-corrected chi connectivity index (χ4v) is 4.46. The normalized spacial score (nSPS) is 31.2. The Morgan fingerprint density at radius 2 is 1.90 bits per heavy atom. The number of halogens is 1. The quantitative estimate of drug-likeness (QED) is 0.541. The van der Waals surface area contributed by atoms with Gasteiger partial charge in [-0.2, -0.15) is 0 Å². The lowest BCUT2D eigenvalue weighted by Gasteiger charge is -2.24. The molecule has 1 fully saturated rings. The van der Waals surface area contributed by atoms with Crippen molar-refractivity contribution < 1.29 is 13.2 Å². The van der Waals surface area contributed by atoms with Gasteiger partial charge in [-0.25, -0.2) is 8.42 Å². The monoisotopic (exact) mass is 324 g/mol. The summed E-state index contributed by atoms with van der Waals surface area (Å²) in [6.45, 7) is 4.24. The van der Waals surface area contributed by atoms with Crippen LogP contribution in [0.5, 0.6) is 0 Å². The average molecular weight is 325 g/mol. The molecule has 1 rings (SSSR count). The molecule has 120 valence electrons. The Morgan fingerprint density at radius 3 is 2.55 bits per heavy atom. The summed E-state index contributed by atoms with van der Waals surface area (Å²) in [6, 6.07) is 0. The maximum Gasteiger partial charge on any atom is 0.167 e. The summed E-state index contributed by atoms with van der Waals surface area (Å²) in [7, 11) is -3.15. The van der Waals surface area contributed by atoms with Gasteiger partial charge in [-0.15, -0.1) is 11.6 Å². The number of ether oxygens (including phenoxy) is 1. The van der Waals surface area contributed by atoms with E-state index in [0.29, 0.717) is 12.8 Å². The Hall–Kier alpha value is 0.200. The molecule has 3 atom stereocenters. The van der Waals surface area contributed by atoms with Gasteiger partial charge in [0.1, 0.15) is 4.71 Å². The Labute approximate surface area is 129 Å². The summed E-state index contributed by atoms with van der Waals surface area (Å²) < 4.78 is 29.3. The first kappa shape index (κ1) is 18.2. The Bertz CT molecular complexity index is 356. The fraction of sp³-hybridized carbons (Fsp3) is 1.00. The van der Waals surface area contributed by atoms with Gasteiger partial charge >= 0.3 is 0 Å². The molecule has 0 amide bonds. The maximum absolute atomic E-state index is 12.0. The van der Waals surface area contributed by atoms with Gasteiger partial charge in [0, 0.05) is 6.42 Å². The highest BCUT2D eigenvalue weighted by Gasteiger charge is 2.29. The molecule has 1 aliphatic heterocycles. The number of unbranched alkanes of at least 4 members (excludes halogenated alkanes) is 3. The van der Waals surface area contributed by atoms with Crippen LogP contribution in [-0.4, -0.2) is 31.1 Å². The predicted octanol–water partition coefficient (Wildman–Crippen LogP) is 4.28. The van der Waals surface area contributed by atoms with E-state index in [0.717, 1.165) is 19.3 Å². The summed E-state index contributed by atoms with van der Waals surface area (Å²) in [4.78, 5) is 0. The zero-order valence-electron chi connectivity index (χ0n) is 12.8. The zero-order chi connectivity index (χ0) is 15.0. The number of hydrogen-bond acceptors (Lipinski definition) is 3. The van der Waals surface area contributed by atoms with Crippen LogP contribution in [0.15, 0.2) is 0 Å². The van der Waals surface area contributed by atoms with Crippen molar-refractivity contribution in [2.75, 3.05) is 5.75 Å². The Morgan fingerprint density at radius 1 is 1.15 bits per heavy atom. The van der Waals surface area contributed by atoms with Crippen LogP contribution in [-0.2, 0) is 14.6 Å². The van der Waals surface area contributed by atoms with E-state index in [1.807, 2.05) is 6.92 Å². The van der Waals surface area contributed by atoms with Gasteiger partial charge in [-0.05, 0) is 25.7 Å². The third-order valence-electron chi connectivity index (χ3n) is 4.01. The molecule has 0 aromatic carbocycles. The molecule has 5 heteroatoms. The molecule has 0 spiro atoms. The van der Waals surface area contributed by atoms with Gasteiger partial charge in [-0.3, -0.25) is 0 Å². The Balaban J connectivity index is 2.56. The first-order valence-corrected chi connectivity index (χ1v) is 10.2. The molecule has 3 nitrogen and oxygen atoms in total. The number of rotatable bonds is 6. The van der Waals surface area contributed by atoms with Crippen LogP contribution in [0.1, 0.15) is 71.6 Å². The summed E-state index contributed by atoms with van der Waals surface area (Å²) >= 11 is 6.06. The number of hydrogen-bond donors (Lipinski definition) is 0. The molecule has 0 aromatic rings. The molecule has 0 N–H and O–H groups in total. The highest BCUT2D eigenvalue weighted by molar-refractivity contribution is 7.93. The van der Waals surface area contributed by atoms with Gasteiger partial charge in [0.25, 0.3) is 0 Å². The topological polar surface area (TPSA) is 43.4 Å². The molecule has 0 saturated carbocycles. The van der Waals surface area contributed by atoms with Crippen molar-refractivity contribution >= 4 is 21.4 Å². The maximum atomic E-state index is 12.0. The van der Waals surface area contributed by atoms with E-state index >= 15 is 0 Å². The van der Waals surface area contributed by atoms with E-state index < -0.39 is 14.5 Å². The summed E-state index contributed by atoms with van der Waals surface area (Å²) in [5, 5.41) is 0. The van der Waals surface area contributed by atoms with Gasteiger partial charge in [0.15, 0.2) is 9.84 Å². The lowest BCUT2D eigenvalue weighted by atomic mass is 10.0. The first-order chi connectivity index (χ1) is 9.49. The van der Waals surface area contributed by atoms with Crippen molar-refractivity contribution in [1.82, 2.24) is 0 Å². The molecule has 0 radical (unpaired) electrons. The molecule has 1 unspecified atom stereocenters. The highest BCUT2D eigenvalue weighted by Crippen LogP contribution is 2.25. The fourth-order valence-electron chi connectivity index (χ4n) is 2.66. The van der Waals surface area contributed by atoms with Crippen molar-refractivity contribution in [3.63, 3.8) is 0 Å². The largest absolute Gasteiger partial charge is 0.375 e. The highest BCUT2D eigenvalue weighted by atomic mass is 35.5. The minimum atomic E-state index is -3.15. The van der Waals surface area contributed by atoms with Gasteiger partial charge in [0.2, 0.25) is 0 Å². The lowest BCUT2D eigenvalue weighted by Crippen LogP contribution is -2.26. The molecule has 1 heterocycles.